The van der Waals surface area contributed by atoms with Crippen LogP contribution in [0.1, 0.15) is 25.8 Å². The van der Waals surface area contributed by atoms with Crippen LogP contribution in [0.4, 0.5) is 0 Å². The second kappa shape index (κ2) is 5.96. The highest BCUT2D eigenvalue weighted by molar-refractivity contribution is 5.77. The second-order valence-electron chi connectivity index (χ2n) is 4.93. The van der Waals surface area contributed by atoms with E-state index in [9.17, 15) is 4.79 Å². The van der Waals surface area contributed by atoms with Crippen LogP contribution in [-0.4, -0.2) is 41.0 Å². The molecule has 0 bridgehead atoms. The minimum atomic E-state index is 0.257. The maximum absolute atomic E-state index is 12.2. The quantitative estimate of drug-likeness (QED) is 0.873. The fraction of sp³-hybridized carbons (Fsp3) is 0.571. The highest BCUT2D eigenvalue weighted by atomic mass is 16.2. The lowest BCUT2D eigenvalue weighted by Crippen LogP contribution is -2.57. The number of hydrogen-bond acceptors (Lipinski definition) is 3. The van der Waals surface area contributed by atoms with Crippen molar-refractivity contribution in [2.75, 3.05) is 13.1 Å². The number of carbonyl (C=O) groups is 1. The zero-order chi connectivity index (χ0) is 13.0. The number of nitrogens with zero attached hydrogens (tertiary/aromatic N) is 2. The molecule has 1 fully saturated rings. The first kappa shape index (κ1) is 13.0. The first-order chi connectivity index (χ1) is 8.68. The van der Waals surface area contributed by atoms with Crippen LogP contribution in [0, 0.1) is 0 Å². The topological polar surface area (TPSA) is 45.2 Å². The Morgan fingerprint density at radius 3 is 2.89 bits per heavy atom. The molecule has 1 aromatic rings. The Hall–Kier alpha value is -1.42. The number of piperazine rings is 1. The first-order valence-corrected chi connectivity index (χ1v) is 6.60. The summed E-state index contributed by atoms with van der Waals surface area (Å²) in [6.07, 6.45) is 4.93. The number of carbonyl (C=O) groups excluding carboxylic acids is 1. The predicted octanol–water partition coefficient (Wildman–Crippen LogP) is 1.22. The van der Waals surface area contributed by atoms with Crippen molar-refractivity contribution in [1.29, 1.82) is 0 Å². The van der Waals surface area contributed by atoms with Gasteiger partial charge in [-0.2, -0.15) is 0 Å². The minimum absolute atomic E-state index is 0.257. The number of pyridine rings is 1. The van der Waals surface area contributed by atoms with E-state index in [-0.39, 0.29) is 11.9 Å². The maximum Gasteiger partial charge on any atom is 0.223 e. The van der Waals surface area contributed by atoms with Crippen LogP contribution in [0.3, 0.4) is 0 Å². The van der Waals surface area contributed by atoms with E-state index in [1.807, 2.05) is 17.0 Å². The van der Waals surface area contributed by atoms with Crippen LogP contribution in [0.5, 0.6) is 0 Å². The number of aromatic nitrogens is 1. The lowest BCUT2D eigenvalue weighted by molar-refractivity contribution is -0.134. The standard InChI is InChI=1S/C14H21N3O/c1-11-12(2)17(10-9-16-11)14(18)4-3-13-5-7-15-8-6-13/h5-8,11-12,16H,3-4,9-10H2,1-2H3. The van der Waals surface area contributed by atoms with Gasteiger partial charge in [0.1, 0.15) is 0 Å². The number of nitrogens with one attached hydrogen (secondary N) is 1. The van der Waals surface area contributed by atoms with Gasteiger partial charge in [-0.1, -0.05) is 0 Å². The molecule has 0 spiro atoms. The van der Waals surface area contributed by atoms with E-state index in [4.69, 9.17) is 0 Å². The van der Waals surface area contributed by atoms with Crippen LogP contribution < -0.4 is 5.32 Å². The summed E-state index contributed by atoms with van der Waals surface area (Å²) in [6, 6.07) is 4.60. The number of aryl methyl sites for hydroxylation is 1. The number of amides is 1. The molecule has 1 aliphatic heterocycles. The van der Waals surface area contributed by atoms with Gasteiger partial charge in [0.15, 0.2) is 0 Å². The van der Waals surface area contributed by atoms with Gasteiger partial charge in [-0.05, 0) is 38.0 Å². The van der Waals surface area contributed by atoms with Crippen molar-refractivity contribution in [3.63, 3.8) is 0 Å². The Bertz CT molecular complexity index is 393. The summed E-state index contributed by atoms with van der Waals surface area (Å²) in [5, 5.41) is 3.39. The van der Waals surface area contributed by atoms with Crippen molar-refractivity contribution < 1.29 is 4.79 Å². The number of rotatable bonds is 3. The summed E-state index contributed by atoms with van der Waals surface area (Å²) in [6.45, 7) is 5.96. The SMILES string of the molecule is CC1NCCN(C(=O)CCc2ccncc2)C1C. The van der Waals surface area contributed by atoms with Crippen molar-refractivity contribution in [2.45, 2.75) is 38.8 Å². The monoisotopic (exact) mass is 247 g/mol. The fourth-order valence-corrected chi connectivity index (χ4v) is 2.35. The highest BCUT2D eigenvalue weighted by Gasteiger charge is 2.27. The smallest absolute Gasteiger partial charge is 0.223 e. The maximum atomic E-state index is 12.2. The Kier molecular flexibility index (Phi) is 4.31. The Balaban J connectivity index is 1.88. The molecule has 1 N–H and O–H groups in total. The molecule has 1 saturated heterocycles. The summed E-state index contributed by atoms with van der Waals surface area (Å²) < 4.78 is 0. The van der Waals surface area contributed by atoms with Gasteiger partial charge in [0, 0.05) is 44.0 Å². The molecular formula is C14H21N3O. The normalized spacial score (nSPS) is 24.0. The fourth-order valence-electron chi connectivity index (χ4n) is 2.35. The van der Waals surface area contributed by atoms with Gasteiger partial charge in [-0.25, -0.2) is 0 Å². The molecular weight excluding hydrogens is 226 g/mol. The molecule has 4 heteroatoms. The zero-order valence-corrected chi connectivity index (χ0v) is 11.1. The van der Waals surface area contributed by atoms with Crippen molar-refractivity contribution in [3.05, 3.63) is 30.1 Å². The molecule has 18 heavy (non-hydrogen) atoms. The van der Waals surface area contributed by atoms with Crippen molar-refractivity contribution in [1.82, 2.24) is 15.2 Å². The molecule has 0 aromatic carbocycles. The first-order valence-electron chi connectivity index (χ1n) is 6.60. The van der Waals surface area contributed by atoms with Gasteiger partial charge in [0.05, 0.1) is 0 Å². The van der Waals surface area contributed by atoms with E-state index in [0.29, 0.717) is 12.5 Å². The third-order valence-electron chi connectivity index (χ3n) is 3.73. The van der Waals surface area contributed by atoms with Gasteiger partial charge in [-0.15, -0.1) is 0 Å². The molecule has 1 aromatic heterocycles. The summed E-state index contributed by atoms with van der Waals surface area (Å²) in [7, 11) is 0. The Morgan fingerprint density at radius 2 is 2.17 bits per heavy atom. The van der Waals surface area contributed by atoms with Crippen molar-refractivity contribution >= 4 is 5.91 Å². The van der Waals surface area contributed by atoms with Gasteiger partial charge < -0.3 is 10.2 Å². The second-order valence-corrected chi connectivity index (χ2v) is 4.93. The van der Waals surface area contributed by atoms with Crippen molar-refractivity contribution in [2.24, 2.45) is 0 Å². The summed E-state index contributed by atoms with van der Waals surface area (Å²) in [5.41, 5.74) is 1.18. The minimum Gasteiger partial charge on any atom is -0.337 e. The zero-order valence-electron chi connectivity index (χ0n) is 11.1. The highest BCUT2D eigenvalue weighted by Crippen LogP contribution is 2.12. The van der Waals surface area contributed by atoms with E-state index in [0.717, 1.165) is 19.5 Å². The molecule has 2 rings (SSSR count). The van der Waals surface area contributed by atoms with E-state index < -0.39 is 0 Å². The molecule has 1 aliphatic rings. The van der Waals surface area contributed by atoms with Gasteiger partial charge in [0.25, 0.3) is 0 Å². The average Bonchev–Trinajstić information content (AvgIpc) is 2.40. The van der Waals surface area contributed by atoms with E-state index in [1.165, 1.54) is 5.56 Å². The van der Waals surface area contributed by atoms with E-state index in [1.54, 1.807) is 12.4 Å². The van der Waals surface area contributed by atoms with Crippen LogP contribution in [-0.2, 0) is 11.2 Å². The largest absolute Gasteiger partial charge is 0.337 e. The molecule has 0 radical (unpaired) electrons. The molecule has 0 aliphatic carbocycles. The summed E-state index contributed by atoms with van der Waals surface area (Å²) in [5.74, 6) is 0.257. The van der Waals surface area contributed by atoms with Crippen LogP contribution in [0.2, 0.25) is 0 Å². The van der Waals surface area contributed by atoms with E-state index >= 15 is 0 Å². The molecule has 2 unspecified atom stereocenters. The average molecular weight is 247 g/mol. The van der Waals surface area contributed by atoms with Gasteiger partial charge in [-0.3, -0.25) is 9.78 Å². The lowest BCUT2D eigenvalue weighted by Gasteiger charge is -2.38. The molecule has 98 valence electrons. The van der Waals surface area contributed by atoms with E-state index in [2.05, 4.69) is 24.1 Å². The molecule has 2 heterocycles. The lowest BCUT2D eigenvalue weighted by atomic mass is 10.1. The number of hydrogen-bond donors (Lipinski definition) is 1. The molecule has 1 amide bonds. The van der Waals surface area contributed by atoms with Crippen LogP contribution >= 0.6 is 0 Å². The molecule has 2 atom stereocenters. The third-order valence-corrected chi connectivity index (χ3v) is 3.73. The molecule has 4 nitrogen and oxygen atoms in total. The summed E-state index contributed by atoms with van der Waals surface area (Å²) in [4.78, 5) is 18.2. The van der Waals surface area contributed by atoms with Crippen LogP contribution in [0.15, 0.2) is 24.5 Å². The van der Waals surface area contributed by atoms with Gasteiger partial charge >= 0.3 is 0 Å². The summed E-state index contributed by atoms with van der Waals surface area (Å²) >= 11 is 0. The Labute approximate surface area is 108 Å². The van der Waals surface area contributed by atoms with Gasteiger partial charge in [0.2, 0.25) is 5.91 Å². The van der Waals surface area contributed by atoms with Crippen molar-refractivity contribution in [3.8, 4) is 0 Å². The predicted molar refractivity (Wildman–Crippen MR) is 71.2 cm³/mol. The molecule has 0 saturated carbocycles. The third kappa shape index (κ3) is 3.07. The van der Waals surface area contributed by atoms with Crippen LogP contribution in [0.25, 0.3) is 0 Å². The Morgan fingerprint density at radius 1 is 1.44 bits per heavy atom.